The van der Waals surface area contributed by atoms with Gasteiger partial charge >= 0.3 is 0 Å². The molecule has 0 saturated carbocycles. The zero-order chi connectivity index (χ0) is 6.85. The van der Waals surface area contributed by atoms with Gasteiger partial charge in [0.2, 0.25) is 0 Å². The molecular formula is C6H12NOP. The van der Waals surface area contributed by atoms with Crippen molar-refractivity contribution in [3.63, 3.8) is 0 Å². The number of hydrogen-bond donors (Lipinski definition) is 1. The Morgan fingerprint density at radius 3 is 3.00 bits per heavy atom. The van der Waals surface area contributed by atoms with Gasteiger partial charge in [0.1, 0.15) is 0 Å². The van der Waals surface area contributed by atoms with E-state index < -0.39 is 0 Å². The molecule has 0 saturated heterocycles. The zero-order valence-corrected chi connectivity index (χ0v) is 6.70. The summed E-state index contributed by atoms with van der Waals surface area (Å²) in [5.74, 6) is 0.529. The molecule has 0 bridgehead atoms. The molecule has 52 valence electrons. The Balaban J connectivity index is 2.54. The third-order valence-electron chi connectivity index (χ3n) is 1.61. The molecule has 1 aliphatic rings. The molecule has 2 nitrogen and oxygen atoms in total. The number of aliphatic hydroxyl groups is 1. The summed E-state index contributed by atoms with van der Waals surface area (Å²) in [6, 6.07) is 0.458. The van der Waals surface area contributed by atoms with Crippen LogP contribution in [0.3, 0.4) is 0 Å². The second-order valence-electron chi connectivity index (χ2n) is 2.45. The first kappa shape index (κ1) is 7.04. The van der Waals surface area contributed by atoms with Crippen molar-refractivity contribution in [2.75, 3.05) is 6.54 Å². The fraction of sp³-hybridized carbons (Fsp3) is 0.667. The van der Waals surface area contributed by atoms with E-state index in [2.05, 4.69) is 21.0 Å². The van der Waals surface area contributed by atoms with Crippen LogP contribution in [0.1, 0.15) is 13.3 Å². The van der Waals surface area contributed by atoms with Crippen LogP contribution in [0.5, 0.6) is 0 Å². The van der Waals surface area contributed by atoms with Gasteiger partial charge in [0.15, 0.2) is 0 Å². The molecule has 0 spiro atoms. The van der Waals surface area contributed by atoms with Crippen LogP contribution in [0.4, 0.5) is 0 Å². The van der Waals surface area contributed by atoms with Crippen LogP contribution in [0, 0.1) is 0 Å². The van der Waals surface area contributed by atoms with Gasteiger partial charge in [-0.2, -0.15) is 0 Å². The van der Waals surface area contributed by atoms with E-state index in [0.29, 0.717) is 11.8 Å². The van der Waals surface area contributed by atoms with Crippen molar-refractivity contribution in [3.05, 3.63) is 11.8 Å². The third kappa shape index (κ3) is 1.67. The molecule has 0 aliphatic carbocycles. The van der Waals surface area contributed by atoms with E-state index in [1.54, 1.807) is 0 Å². The Morgan fingerprint density at radius 2 is 2.56 bits per heavy atom. The van der Waals surface area contributed by atoms with Crippen LogP contribution < -0.4 is 0 Å². The third-order valence-corrected chi connectivity index (χ3v) is 2.33. The number of hydrogen-bond acceptors (Lipinski definition) is 2. The Morgan fingerprint density at radius 1 is 1.89 bits per heavy atom. The van der Waals surface area contributed by atoms with E-state index >= 15 is 0 Å². The molecular weight excluding hydrogens is 133 g/mol. The van der Waals surface area contributed by atoms with Crippen LogP contribution >= 0.6 is 9.39 Å². The maximum atomic E-state index is 9.02. The van der Waals surface area contributed by atoms with Gasteiger partial charge in [0.25, 0.3) is 0 Å². The second kappa shape index (κ2) is 2.68. The van der Waals surface area contributed by atoms with Crippen LogP contribution in [-0.4, -0.2) is 22.4 Å². The average molecular weight is 145 g/mol. The summed E-state index contributed by atoms with van der Waals surface area (Å²) in [6.45, 7) is 2.94. The maximum Gasteiger partial charge on any atom is 0.0911 e. The van der Waals surface area contributed by atoms with Crippen molar-refractivity contribution in [2.24, 2.45) is 0 Å². The standard InChI is InChI=1S/C6H12NOP/c1-5-4-6(8)2-3-7(5)9/h2,5,8H,3-4,9H2,1H3/t5-/m1/s1. The normalized spacial score (nSPS) is 30.0. The molecule has 2 atom stereocenters. The Labute approximate surface area is 57.8 Å². The van der Waals surface area contributed by atoms with E-state index in [-0.39, 0.29) is 0 Å². The second-order valence-corrected chi connectivity index (χ2v) is 3.11. The van der Waals surface area contributed by atoms with E-state index in [0.717, 1.165) is 13.0 Å². The first-order chi connectivity index (χ1) is 4.20. The minimum atomic E-state index is 0.458. The summed E-state index contributed by atoms with van der Waals surface area (Å²) in [6.07, 6.45) is 2.62. The van der Waals surface area contributed by atoms with Gasteiger partial charge in [-0.1, -0.05) is 9.39 Å². The van der Waals surface area contributed by atoms with Gasteiger partial charge in [0.05, 0.1) is 5.76 Å². The fourth-order valence-electron chi connectivity index (χ4n) is 0.894. The molecule has 3 heteroatoms. The summed E-state index contributed by atoms with van der Waals surface area (Å²) in [4.78, 5) is 0. The average Bonchev–Trinajstić information content (AvgIpc) is 1.80. The topological polar surface area (TPSA) is 23.5 Å². The molecule has 0 aromatic rings. The van der Waals surface area contributed by atoms with Gasteiger partial charge in [-0.05, 0) is 13.0 Å². The summed E-state index contributed by atoms with van der Waals surface area (Å²) in [5, 5.41) is 9.02. The van der Waals surface area contributed by atoms with Crippen LogP contribution in [0.15, 0.2) is 11.8 Å². The van der Waals surface area contributed by atoms with E-state index in [1.807, 2.05) is 6.08 Å². The quantitative estimate of drug-likeness (QED) is 0.519. The van der Waals surface area contributed by atoms with Crippen molar-refractivity contribution in [3.8, 4) is 0 Å². The Bertz CT molecular complexity index is 135. The molecule has 0 aromatic carbocycles. The van der Waals surface area contributed by atoms with Gasteiger partial charge < -0.3 is 5.11 Å². The van der Waals surface area contributed by atoms with Gasteiger partial charge in [0, 0.05) is 19.0 Å². The Hall–Kier alpha value is -0.0700. The molecule has 0 amide bonds. The predicted molar refractivity (Wildman–Crippen MR) is 41.2 cm³/mol. The highest BCUT2D eigenvalue weighted by molar-refractivity contribution is 7.13. The first-order valence-corrected chi connectivity index (χ1v) is 3.61. The van der Waals surface area contributed by atoms with Crippen molar-refractivity contribution in [1.29, 1.82) is 0 Å². The first-order valence-electron chi connectivity index (χ1n) is 3.09. The lowest BCUT2D eigenvalue weighted by Crippen LogP contribution is -2.27. The minimum absolute atomic E-state index is 0.458. The minimum Gasteiger partial charge on any atom is -0.513 e. The van der Waals surface area contributed by atoms with Gasteiger partial charge in [-0.25, -0.2) is 0 Å². The van der Waals surface area contributed by atoms with Crippen LogP contribution in [0.25, 0.3) is 0 Å². The lowest BCUT2D eigenvalue weighted by atomic mass is 10.1. The number of nitrogens with zero attached hydrogens (tertiary/aromatic N) is 1. The molecule has 1 aliphatic heterocycles. The SMILES string of the molecule is C[C@@H]1CC(O)=CCN1P. The van der Waals surface area contributed by atoms with Crippen molar-refractivity contribution >= 4 is 9.39 Å². The van der Waals surface area contributed by atoms with Crippen LogP contribution in [0.2, 0.25) is 0 Å². The van der Waals surface area contributed by atoms with Gasteiger partial charge in [-0.15, -0.1) is 0 Å². The van der Waals surface area contributed by atoms with E-state index in [4.69, 9.17) is 5.11 Å². The fourth-order valence-corrected chi connectivity index (χ4v) is 1.10. The molecule has 0 aromatic heterocycles. The monoisotopic (exact) mass is 145 g/mol. The van der Waals surface area contributed by atoms with Crippen molar-refractivity contribution in [2.45, 2.75) is 19.4 Å². The highest BCUT2D eigenvalue weighted by Gasteiger charge is 2.14. The van der Waals surface area contributed by atoms with E-state index in [9.17, 15) is 0 Å². The van der Waals surface area contributed by atoms with Gasteiger partial charge in [-0.3, -0.25) is 4.67 Å². The van der Waals surface area contributed by atoms with Crippen molar-refractivity contribution in [1.82, 2.24) is 4.67 Å². The lowest BCUT2D eigenvalue weighted by molar-refractivity contribution is 0.294. The number of aliphatic hydroxyl groups excluding tert-OH is 1. The summed E-state index contributed by atoms with van der Waals surface area (Å²) in [5.41, 5.74) is 0. The molecule has 9 heavy (non-hydrogen) atoms. The van der Waals surface area contributed by atoms with E-state index in [1.165, 1.54) is 0 Å². The molecule has 1 N–H and O–H groups in total. The molecule has 1 heterocycles. The van der Waals surface area contributed by atoms with Crippen molar-refractivity contribution < 1.29 is 5.11 Å². The highest BCUT2D eigenvalue weighted by Crippen LogP contribution is 2.18. The molecule has 1 unspecified atom stereocenters. The summed E-state index contributed by atoms with van der Waals surface area (Å²) in [7, 11) is 2.64. The Kier molecular flexibility index (Phi) is 2.09. The lowest BCUT2D eigenvalue weighted by Gasteiger charge is -2.26. The highest BCUT2D eigenvalue weighted by atomic mass is 31.0. The zero-order valence-electron chi connectivity index (χ0n) is 5.54. The largest absolute Gasteiger partial charge is 0.513 e. The smallest absolute Gasteiger partial charge is 0.0911 e. The summed E-state index contributed by atoms with van der Waals surface area (Å²) < 4.78 is 2.12. The molecule has 1 rings (SSSR count). The molecule has 0 radical (unpaired) electrons. The maximum absolute atomic E-state index is 9.02. The number of rotatable bonds is 0. The predicted octanol–water partition coefficient (Wildman–Crippen LogP) is 1.31. The van der Waals surface area contributed by atoms with Crippen LogP contribution in [-0.2, 0) is 0 Å². The summed E-state index contributed by atoms with van der Waals surface area (Å²) >= 11 is 0. The molecule has 0 fully saturated rings.